The van der Waals surface area contributed by atoms with Crippen LogP contribution in [0.2, 0.25) is 0 Å². The first-order valence-electron chi connectivity index (χ1n) is 5.69. The topological polar surface area (TPSA) is 32.3 Å². The molecule has 1 atom stereocenters. The van der Waals surface area contributed by atoms with Gasteiger partial charge < -0.3 is 10.4 Å². The molecule has 1 aromatic carbocycles. The molecule has 1 unspecified atom stereocenters. The fourth-order valence-corrected chi connectivity index (χ4v) is 1.72. The van der Waals surface area contributed by atoms with E-state index in [1.54, 1.807) is 12.1 Å². The maximum absolute atomic E-state index is 9.18. The SMILES string of the molecule is CC(C)CNC(CCl)Cc1ccc(O)cc1.Cl. The Labute approximate surface area is 115 Å². The number of nitrogens with one attached hydrogen (secondary N) is 1. The predicted molar refractivity (Wildman–Crippen MR) is 76.4 cm³/mol. The zero-order chi connectivity index (χ0) is 12.0. The molecule has 0 saturated heterocycles. The molecular weight excluding hydrogens is 257 g/mol. The lowest BCUT2D eigenvalue weighted by Gasteiger charge is -2.17. The van der Waals surface area contributed by atoms with Crippen molar-refractivity contribution in [3.05, 3.63) is 29.8 Å². The maximum atomic E-state index is 9.18. The molecule has 0 aliphatic heterocycles. The molecule has 2 N–H and O–H groups in total. The van der Waals surface area contributed by atoms with Gasteiger partial charge in [-0.25, -0.2) is 0 Å². The van der Waals surface area contributed by atoms with E-state index < -0.39 is 0 Å². The molecule has 2 nitrogen and oxygen atoms in total. The first-order valence-corrected chi connectivity index (χ1v) is 6.22. The number of alkyl halides is 1. The molecular formula is C13H21Cl2NO. The summed E-state index contributed by atoms with van der Waals surface area (Å²) in [5.41, 5.74) is 1.19. The quantitative estimate of drug-likeness (QED) is 0.783. The van der Waals surface area contributed by atoms with Crippen molar-refractivity contribution in [2.24, 2.45) is 5.92 Å². The molecule has 4 heteroatoms. The van der Waals surface area contributed by atoms with Crippen molar-refractivity contribution < 1.29 is 5.11 Å². The summed E-state index contributed by atoms with van der Waals surface area (Å²) in [5, 5.41) is 12.6. The van der Waals surface area contributed by atoms with E-state index in [1.165, 1.54) is 5.56 Å². The average molecular weight is 278 g/mol. The van der Waals surface area contributed by atoms with E-state index in [2.05, 4.69) is 19.2 Å². The molecule has 0 spiro atoms. The maximum Gasteiger partial charge on any atom is 0.115 e. The number of aromatic hydroxyl groups is 1. The summed E-state index contributed by atoms with van der Waals surface area (Å²) in [6.45, 7) is 5.34. The Morgan fingerprint density at radius 2 is 1.82 bits per heavy atom. The molecule has 0 heterocycles. The fraction of sp³-hybridized carbons (Fsp3) is 0.538. The molecule has 98 valence electrons. The van der Waals surface area contributed by atoms with E-state index in [9.17, 15) is 5.11 Å². The van der Waals surface area contributed by atoms with Crippen LogP contribution in [0.4, 0.5) is 0 Å². The van der Waals surface area contributed by atoms with Crippen molar-refractivity contribution in [3.8, 4) is 5.75 Å². The Bertz CT molecular complexity index is 301. The van der Waals surface area contributed by atoms with Crippen molar-refractivity contribution >= 4 is 24.0 Å². The molecule has 0 aromatic heterocycles. The van der Waals surface area contributed by atoms with E-state index >= 15 is 0 Å². The Kier molecular flexibility index (Phi) is 8.40. The van der Waals surface area contributed by atoms with Crippen LogP contribution in [0.3, 0.4) is 0 Å². The molecule has 0 aliphatic rings. The first-order chi connectivity index (χ1) is 7.61. The molecule has 0 saturated carbocycles. The van der Waals surface area contributed by atoms with Crippen LogP contribution >= 0.6 is 24.0 Å². The van der Waals surface area contributed by atoms with E-state index in [1.807, 2.05) is 12.1 Å². The van der Waals surface area contributed by atoms with Crippen LogP contribution < -0.4 is 5.32 Å². The van der Waals surface area contributed by atoms with Gasteiger partial charge in [0.25, 0.3) is 0 Å². The van der Waals surface area contributed by atoms with Crippen molar-refractivity contribution in [2.45, 2.75) is 26.3 Å². The van der Waals surface area contributed by atoms with Gasteiger partial charge in [-0.15, -0.1) is 24.0 Å². The van der Waals surface area contributed by atoms with E-state index in [0.717, 1.165) is 13.0 Å². The summed E-state index contributed by atoms with van der Waals surface area (Å²) < 4.78 is 0. The highest BCUT2D eigenvalue weighted by atomic mass is 35.5. The van der Waals surface area contributed by atoms with Crippen LogP contribution in [0.5, 0.6) is 5.75 Å². The van der Waals surface area contributed by atoms with Crippen molar-refractivity contribution in [1.82, 2.24) is 5.32 Å². The number of rotatable bonds is 6. The van der Waals surface area contributed by atoms with Crippen LogP contribution in [0.1, 0.15) is 19.4 Å². The number of hydrogen-bond donors (Lipinski definition) is 2. The Balaban J connectivity index is 0.00000256. The van der Waals surface area contributed by atoms with Gasteiger partial charge in [0.15, 0.2) is 0 Å². The molecule has 17 heavy (non-hydrogen) atoms. The summed E-state index contributed by atoms with van der Waals surface area (Å²) in [4.78, 5) is 0. The number of hydrogen-bond acceptors (Lipinski definition) is 2. The van der Waals surface area contributed by atoms with Gasteiger partial charge >= 0.3 is 0 Å². The zero-order valence-electron chi connectivity index (χ0n) is 10.3. The van der Waals surface area contributed by atoms with Crippen LogP contribution in [-0.2, 0) is 6.42 Å². The standard InChI is InChI=1S/C13H20ClNO.ClH/c1-10(2)9-15-12(8-14)7-11-3-5-13(16)6-4-11;/h3-6,10,12,15-16H,7-9H2,1-2H3;1H. The third kappa shape index (κ3) is 6.77. The number of phenols is 1. The number of benzene rings is 1. The van der Waals surface area contributed by atoms with Crippen molar-refractivity contribution in [2.75, 3.05) is 12.4 Å². The molecule has 0 radical (unpaired) electrons. The van der Waals surface area contributed by atoms with E-state index in [-0.39, 0.29) is 12.4 Å². The van der Waals surface area contributed by atoms with Gasteiger partial charge in [-0.05, 0) is 36.6 Å². The fourth-order valence-electron chi connectivity index (χ4n) is 1.50. The highest BCUT2D eigenvalue weighted by molar-refractivity contribution is 6.18. The largest absolute Gasteiger partial charge is 0.508 e. The van der Waals surface area contributed by atoms with E-state index in [0.29, 0.717) is 23.6 Å². The van der Waals surface area contributed by atoms with Crippen LogP contribution in [0.25, 0.3) is 0 Å². The van der Waals surface area contributed by atoms with Gasteiger partial charge in [0, 0.05) is 11.9 Å². The Morgan fingerprint density at radius 1 is 1.24 bits per heavy atom. The third-order valence-electron chi connectivity index (χ3n) is 2.42. The minimum Gasteiger partial charge on any atom is -0.508 e. The molecule has 1 rings (SSSR count). The molecule has 0 aliphatic carbocycles. The molecule has 0 fully saturated rings. The lowest BCUT2D eigenvalue weighted by molar-refractivity contribution is 0.473. The summed E-state index contributed by atoms with van der Waals surface area (Å²) in [6, 6.07) is 7.60. The highest BCUT2D eigenvalue weighted by Crippen LogP contribution is 2.11. The van der Waals surface area contributed by atoms with Gasteiger partial charge in [0.1, 0.15) is 5.75 Å². The van der Waals surface area contributed by atoms with Crippen LogP contribution in [0.15, 0.2) is 24.3 Å². The smallest absolute Gasteiger partial charge is 0.115 e. The van der Waals surface area contributed by atoms with Gasteiger partial charge in [-0.2, -0.15) is 0 Å². The van der Waals surface area contributed by atoms with Gasteiger partial charge in [-0.1, -0.05) is 26.0 Å². The summed E-state index contributed by atoms with van der Waals surface area (Å²) in [7, 11) is 0. The van der Waals surface area contributed by atoms with Gasteiger partial charge in [-0.3, -0.25) is 0 Å². The van der Waals surface area contributed by atoms with Crippen LogP contribution in [-0.4, -0.2) is 23.6 Å². The van der Waals surface area contributed by atoms with Gasteiger partial charge in [0.2, 0.25) is 0 Å². The average Bonchev–Trinajstić information content (AvgIpc) is 2.26. The lowest BCUT2D eigenvalue weighted by Crippen LogP contribution is -2.35. The summed E-state index contributed by atoms with van der Waals surface area (Å²) in [5.74, 6) is 1.54. The van der Waals surface area contributed by atoms with Gasteiger partial charge in [0.05, 0.1) is 0 Å². The minimum atomic E-state index is 0. The van der Waals surface area contributed by atoms with Crippen molar-refractivity contribution in [3.63, 3.8) is 0 Å². The third-order valence-corrected chi connectivity index (χ3v) is 2.79. The number of phenolic OH excluding ortho intramolecular Hbond substituents is 1. The second kappa shape index (κ2) is 8.62. The Morgan fingerprint density at radius 3 is 2.29 bits per heavy atom. The predicted octanol–water partition coefficient (Wildman–Crippen LogP) is 3.21. The Hall–Kier alpha value is -0.440. The van der Waals surface area contributed by atoms with E-state index in [4.69, 9.17) is 11.6 Å². The molecule has 1 aromatic rings. The first kappa shape index (κ1) is 16.6. The zero-order valence-corrected chi connectivity index (χ0v) is 11.9. The summed E-state index contributed by atoms with van der Waals surface area (Å²) in [6.07, 6.45) is 0.899. The number of halogens is 2. The van der Waals surface area contributed by atoms with Crippen LogP contribution in [0, 0.1) is 5.92 Å². The van der Waals surface area contributed by atoms with Crippen molar-refractivity contribution in [1.29, 1.82) is 0 Å². The summed E-state index contributed by atoms with van der Waals surface area (Å²) >= 11 is 5.92. The molecule has 0 amide bonds. The highest BCUT2D eigenvalue weighted by Gasteiger charge is 2.08. The molecule has 0 bridgehead atoms. The minimum absolute atomic E-state index is 0. The lowest BCUT2D eigenvalue weighted by atomic mass is 10.1. The monoisotopic (exact) mass is 277 g/mol. The normalized spacial score (nSPS) is 12.2. The second-order valence-electron chi connectivity index (χ2n) is 4.52. The second-order valence-corrected chi connectivity index (χ2v) is 4.83.